The molecule has 18 heavy (non-hydrogen) atoms. The van der Waals surface area contributed by atoms with E-state index in [2.05, 4.69) is 0 Å². The summed E-state index contributed by atoms with van der Waals surface area (Å²) in [5.74, 6) is -3.16. The molecule has 0 aliphatic carbocycles. The van der Waals surface area contributed by atoms with E-state index in [0.717, 1.165) is 12.1 Å². The van der Waals surface area contributed by atoms with Crippen molar-refractivity contribution >= 4 is 17.6 Å². The highest BCUT2D eigenvalue weighted by molar-refractivity contribution is 6.02. The van der Waals surface area contributed by atoms with Crippen LogP contribution in [0.2, 0.25) is 0 Å². The van der Waals surface area contributed by atoms with Crippen LogP contribution in [0.3, 0.4) is 0 Å². The molecular formula is C10H8F4N2O2. The normalized spacial score (nSPS) is 10.9. The molecule has 4 nitrogen and oxygen atoms in total. The average Bonchev–Trinajstić information content (AvgIpc) is 2.29. The van der Waals surface area contributed by atoms with Gasteiger partial charge in [-0.15, -0.1) is 0 Å². The number of alkyl halides is 3. The number of nitrogens with one attached hydrogen (secondary N) is 1. The van der Waals surface area contributed by atoms with Crippen LogP contribution in [0, 0.1) is 5.82 Å². The summed E-state index contributed by atoms with van der Waals surface area (Å²) in [4.78, 5) is 21.8. The lowest BCUT2D eigenvalue weighted by atomic mass is 10.3. The lowest BCUT2D eigenvalue weighted by Crippen LogP contribution is -2.44. The van der Waals surface area contributed by atoms with Gasteiger partial charge in [0.1, 0.15) is 5.82 Å². The molecular weight excluding hydrogens is 256 g/mol. The van der Waals surface area contributed by atoms with Gasteiger partial charge in [-0.05, 0) is 12.1 Å². The highest BCUT2D eigenvalue weighted by atomic mass is 19.4. The fourth-order valence-electron chi connectivity index (χ4n) is 1.04. The third kappa shape index (κ3) is 3.19. The van der Waals surface area contributed by atoms with Crippen molar-refractivity contribution in [2.45, 2.75) is 6.18 Å². The molecule has 0 aliphatic heterocycles. The zero-order valence-corrected chi connectivity index (χ0v) is 9.08. The molecule has 0 fully saturated rings. The van der Waals surface area contributed by atoms with E-state index in [1.165, 1.54) is 12.1 Å². The summed E-state index contributed by atoms with van der Waals surface area (Å²) >= 11 is 0. The molecule has 1 N–H and O–H groups in total. The molecule has 0 spiro atoms. The molecule has 0 aliphatic rings. The number of rotatable bonds is 1. The van der Waals surface area contributed by atoms with Crippen LogP contribution >= 0.6 is 0 Å². The first kappa shape index (κ1) is 13.9. The predicted molar refractivity (Wildman–Crippen MR) is 54.2 cm³/mol. The SMILES string of the molecule is CN(C(=O)Nc1ccccc1F)C(=O)C(F)(F)F. The minimum Gasteiger partial charge on any atom is -0.305 e. The van der Waals surface area contributed by atoms with Gasteiger partial charge in [0.15, 0.2) is 0 Å². The number of urea groups is 1. The van der Waals surface area contributed by atoms with Crippen molar-refractivity contribution in [2.24, 2.45) is 0 Å². The quantitative estimate of drug-likeness (QED) is 0.792. The van der Waals surface area contributed by atoms with E-state index in [-0.39, 0.29) is 10.6 Å². The number of amides is 3. The number of carbonyl (C=O) groups excluding carboxylic acids is 2. The summed E-state index contributed by atoms with van der Waals surface area (Å²) in [5, 5.41) is 1.85. The number of nitrogens with zero attached hydrogens (tertiary/aromatic N) is 1. The third-order valence-corrected chi connectivity index (χ3v) is 1.97. The first-order chi connectivity index (χ1) is 8.23. The van der Waals surface area contributed by atoms with Gasteiger partial charge in [-0.3, -0.25) is 9.69 Å². The number of imide groups is 1. The Morgan fingerprint density at radius 1 is 1.22 bits per heavy atom. The van der Waals surface area contributed by atoms with Crippen LogP contribution < -0.4 is 5.32 Å². The average molecular weight is 264 g/mol. The van der Waals surface area contributed by atoms with Gasteiger partial charge in [0.2, 0.25) is 0 Å². The van der Waals surface area contributed by atoms with Crippen LogP contribution in [0.25, 0.3) is 0 Å². The summed E-state index contributed by atoms with van der Waals surface area (Å²) in [6.45, 7) is 0. The van der Waals surface area contributed by atoms with Crippen LogP contribution in [-0.4, -0.2) is 30.1 Å². The largest absolute Gasteiger partial charge is 0.471 e. The Morgan fingerprint density at radius 3 is 2.28 bits per heavy atom. The Kier molecular flexibility index (Phi) is 3.89. The molecule has 0 heterocycles. The number of para-hydroxylation sites is 1. The molecule has 8 heteroatoms. The molecule has 0 atom stereocenters. The molecule has 0 aromatic heterocycles. The highest BCUT2D eigenvalue weighted by Gasteiger charge is 2.43. The smallest absolute Gasteiger partial charge is 0.305 e. The lowest BCUT2D eigenvalue weighted by Gasteiger charge is -2.17. The van der Waals surface area contributed by atoms with Gasteiger partial charge in [0, 0.05) is 7.05 Å². The van der Waals surface area contributed by atoms with Gasteiger partial charge in [-0.1, -0.05) is 12.1 Å². The molecule has 0 bridgehead atoms. The summed E-state index contributed by atoms with van der Waals surface area (Å²) in [6.07, 6.45) is -5.17. The van der Waals surface area contributed by atoms with Crippen molar-refractivity contribution in [3.8, 4) is 0 Å². The molecule has 1 aromatic carbocycles. The summed E-state index contributed by atoms with van der Waals surface area (Å²) < 4.78 is 49.2. The predicted octanol–water partition coefficient (Wildman–Crippen LogP) is 2.38. The van der Waals surface area contributed by atoms with Gasteiger partial charge in [0.25, 0.3) is 0 Å². The lowest BCUT2D eigenvalue weighted by molar-refractivity contribution is -0.180. The molecule has 0 radical (unpaired) electrons. The molecule has 1 rings (SSSR count). The second-order valence-electron chi connectivity index (χ2n) is 3.27. The maximum atomic E-state index is 13.1. The summed E-state index contributed by atoms with van der Waals surface area (Å²) in [6, 6.07) is 3.52. The van der Waals surface area contributed by atoms with Crippen LogP contribution in [-0.2, 0) is 4.79 Å². The fraction of sp³-hybridized carbons (Fsp3) is 0.200. The van der Waals surface area contributed by atoms with Crippen LogP contribution in [0.1, 0.15) is 0 Å². The Labute approximate surface area is 99.2 Å². The molecule has 98 valence electrons. The van der Waals surface area contributed by atoms with Gasteiger partial charge in [-0.25, -0.2) is 9.18 Å². The van der Waals surface area contributed by atoms with Crippen LogP contribution in [0.15, 0.2) is 24.3 Å². The number of halogens is 4. The van der Waals surface area contributed by atoms with Crippen molar-refractivity contribution < 1.29 is 27.2 Å². The van der Waals surface area contributed by atoms with E-state index in [9.17, 15) is 27.2 Å². The second kappa shape index (κ2) is 5.03. The second-order valence-corrected chi connectivity index (χ2v) is 3.27. The van der Waals surface area contributed by atoms with E-state index >= 15 is 0 Å². The van der Waals surface area contributed by atoms with Crippen molar-refractivity contribution in [2.75, 3.05) is 12.4 Å². The van der Waals surface area contributed by atoms with E-state index in [0.29, 0.717) is 7.05 Å². The summed E-state index contributed by atoms with van der Waals surface area (Å²) in [5.41, 5.74) is -0.315. The number of hydrogen-bond acceptors (Lipinski definition) is 2. The van der Waals surface area contributed by atoms with Gasteiger partial charge < -0.3 is 5.32 Å². The van der Waals surface area contributed by atoms with Gasteiger partial charge in [0.05, 0.1) is 5.69 Å². The molecule has 1 aromatic rings. The Balaban J connectivity index is 2.78. The van der Waals surface area contributed by atoms with Crippen molar-refractivity contribution in [3.05, 3.63) is 30.1 Å². The zero-order valence-electron chi connectivity index (χ0n) is 9.08. The maximum absolute atomic E-state index is 13.1. The number of hydrogen-bond donors (Lipinski definition) is 1. The van der Waals surface area contributed by atoms with Crippen molar-refractivity contribution in [1.29, 1.82) is 0 Å². The van der Waals surface area contributed by atoms with E-state index in [4.69, 9.17) is 0 Å². The van der Waals surface area contributed by atoms with Crippen LogP contribution in [0.4, 0.5) is 28.0 Å². The topological polar surface area (TPSA) is 49.4 Å². The standard InChI is InChI=1S/C10H8F4N2O2/c1-16(8(17)10(12,13)14)9(18)15-7-5-3-2-4-6(7)11/h2-5H,1H3,(H,15,18). The van der Waals surface area contributed by atoms with E-state index in [1.54, 1.807) is 0 Å². The Hall–Kier alpha value is -2.12. The third-order valence-electron chi connectivity index (χ3n) is 1.97. The van der Waals surface area contributed by atoms with E-state index < -0.39 is 23.9 Å². The van der Waals surface area contributed by atoms with Crippen molar-refractivity contribution in [3.63, 3.8) is 0 Å². The first-order valence-electron chi connectivity index (χ1n) is 4.64. The molecule has 3 amide bonds. The molecule has 0 saturated carbocycles. The minimum atomic E-state index is -5.17. The first-order valence-corrected chi connectivity index (χ1v) is 4.64. The number of anilines is 1. The Morgan fingerprint density at radius 2 is 1.78 bits per heavy atom. The molecule has 0 unspecified atom stereocenters. The van der Waals surface area contributed by atoms with E-state index in [1.807, 2.05) is 5.32 Å². The number of benzene rings is 1. The van der Waals surface area contributed by atoms with Crippen LogP contribution in [0.5, 0.6) is 0 Å². The van der Waals surface area contributed by atoms with Gasteiger partial charge in [-0.2, -0.15) is 13.2 Å². The monoisotopic (exact) mass is 264 g/mol. The number of carbonyl (C=O) groups is 2. The van der Waals surface area contributed by atoms with Gasteiger partial charge >= 0.3 is 18.1 Å². The highest BCUT2D eigenvalue weighted by Crippen LogP contribution is 2.19. The van der Waals surface area contributed by atoms with Crippen molar-refractivity contribution in [1.82, 2.24) is 4.90 Å². The maximum Gasteiger partial charge on any atom is 0.471 e. The minimum absolute atomic E-state index is 0.174. The zero-order chi connectivity index (χ0) is 13.9. The molecule has 0 saturated heterocycles. The summed E-state index contributed by atoms with van der Waals surface area (Å²) in [7, 11) is 0.645. The Bertz CT molecular complexity index is 473. The fourth-order valence-corrected chi connectivity index (χ4v) is 1.04.